The van der Waals surface area contributed by atoms with Gasteiger partial charge in [0.25, 0.3) is 0 Å². The molecule has 0 nitrogen and oxygen atoms in total. The zero-order valence-corrected chi connectivity index (χ0v) is 21.0. The Labute approximate surface area is 189 Å². The van der Waals surface area contributed by atoms with Crippen molar-refractivity contribution in [2.75, 3.05) is 37.5 Å². The molecular formula is C24H33F3S3. The molecule has 0 radical (unpaired) electrons. The van der Waals surface area contributed by atoms with Crippen LogP contribution >= 0.6 is 0 Å². The third-order valence-electron chi connectivity index (χ3n) is 3.64. The zero-order valence-electron chi connectivity index (χ0n) is 18.5. The van der Waals surface area contributed by atoms with Gasteiger partial charge in [-0.1, -0.05) is 54.6 Å². The van der Waals surface area contributed by atoms with Crippen molar-refractivity contribution in [3.8, 4) is 0 Å². The first-order chi connectivity index (χ1) is 12.9. The molecule has 0 N–H and O–H groups in total. The first-order valence-corrected chi connectivity index (χ1v) is 14.9. The summed E-state index contributed by atoms with van der Waals surface area (Å²) in [5.41, 5.74) is 0. The SMILES string of the molecule is C[S+](C)c1ccccc1.C[S+](C)c1ccccc1.C[S+](C)c1ccccc1.[F-].[F-].[F-]. The van der Waals surface area contributed by atoms with Crippen LogP contribution in [0.3, 0.4) is 0 Å². The molecule has 0 atom stereocenters. The normalized spacial score (nSPS) is 9.10. The maximum Gasteiger partial charge on any atom is 0.154 e. The van der Waals surface area contributed by atoms with E-state index in [1.165, 1.54) is 14.7 Å². The summed E-state index contributed by atoms with van der Waals surface area (Å²) < 4.78 is 0. The summed E-state index contributed by atoms with van der Waals surface area (Å²) in [6, 6.07) is 31.7. The van der Waals surface area contributed by atoms with E-state index in [0.29, 0.717) is 32.7 Å². The number of hydrogen-bond donors (Lipinski definition) is 0. The maximum absolute atomic E-state index is 2.23. The Morgan fingerprint density at radius 2 is 0.500 bits per heavy atom. The van der Waals surface area contributed by atoms with E-state index in [2.05, 4.69) is 129 Å². The highest BCUT2D eigenvalue weighted by atomic mass is 32.2. The lowest BCUT2D eigenvalue weighted by Gasteiger charge is -1.91. The predicted octanol–water partition coefficient (Wildman–Crippen LogP) is -3.22. The smallest absolute Gasteiger partial charge is 0.154 e. The molecule has 0 heterocycles. The molecule has 0 saturated carbocycles. The molecule has 0 spiro atoms. The Kier molecular flexibility index (Phi) is 21.5. The molecule has 0 aromatic heterocycles. The van der Waals surface area contributed by atoms with Crippen LogP contribution in [0.25, 0.3) is 0 Å². The molecule has 0 fully saturated rings. The van der Waals surface area contributed by atoms with Crippen molar-refractivity contribution < 1.29 is 14.1 Å². The molecule has 3 aromatic carbocycles. The van der Waals surface area contributed by atoms with Crippen LogP contribution in [-0.4, -0.2) is 37.5 Å². The molecule has 0 aliphatic heterocycles. The average Bonchev–Trinajstić information content (AvgIpc) is 2.71. The van der Waals surface area contributed by atoms with E-state index in [4.69, 9.17) is 0 Å². The van der Waals surface area contributed by atoms with Gasteiger partial charge in [-0.15, -0.1) is 0 Å². The van der Waals surface area contributed by atoms with Crippen LogP contribution in [0.15, 0.2) is 106 Å². The van der Waals surface area contributed by atoms with Crippen molar-refractivity contribution >= 4 is 32.7 Å². The van der Waals surface area contributed by atoms with Gasteiger partial charge in [0.1, 0.15) is 37.5 Å². The topological polar surface area (TPSA) is 0 Å². The van der Waals surface area contributed by atoms with Gasteiger partial charge >= 0.3 is 0 Å². The van der Waals surface area contributed by atoms with Gasteiger partial charge in [-0.2, -0.15) is 0 Å². The summed E-state index contributed by atoms with van der Waals surface area (Å²) in [6.45, 7) is 0. The number of hydrogen-bond acceptors (Lipinski definition) is 0. The quantitative estimate of drug-likeness (QED) is 0.351. The second-order valence-electron chi connectivity index (χ2n) is 6.39. The van der Waals surface area contributed by atoms with Crippen LogP contribution in [0.4, 0.5) is 0 Å². The molecule has 6 heteroatoms. The van der Waals surface area contributed by atoms with Crippen LogP contribution in [0.1, 0.15) is 0 Å². The molecule has 30 heavy (non-hydrogen) atoms. The Morgan fingerprint density at radius 1 is 0.333 bits per heavy atom. The second-order valence-corrected chi connectivity index (χ2v) is 12.7. The highest BCUT2D eigenvalue weighted by Crippen LogP contribution is 2.07. The van der Waals surface area contributed by atoms with E-state index in [-0.39, 0.29) is 14.1 Å². The highest BCUT2D eigenvalue weighted by molar-refractivity contribution is 7.96. The molecule has 0 amide bonds. The van der Waals surface area contributed by atoms with Crippen LogP contribution in [0.2, 0.25) is 0 Å². The second kappa shape index (κ2) is 19.5. The largest absolute Gasteiger partial charge is 1.00 e. The molecule has 168 valence electrons. The lowest BCUT2D eigenvalue weighted by atomic mass is 10.4. The Morgan fingerprint density at radius 3 is 0.600 bits per heavy atom. The summed E-state index contributed by atoms with van der Waals surface area (Å²) >= 11 is 0. The third-order valence-corrected chi connectivity index (χ3v) is 7.29. The number of benzene rings is 3. The molecule has 0 unspecified atom stereocenters. The average molecular weight is 475 g/mol. The first kappa shape index (κ1) is 33.1. The number of rotatable bonds is 3. The Balaban J connectivity index is -0.000000347. The van der Waals surface area contributed by atoms with Crippen LogP contribution in [0, 0.1) is 0 Å². The van der Waals surface area contributed by atoms with Gasteiger partial charge < -0.3 is 14.1 Å². The van der Waals surface area contributed by atoms with E-state index in [0.717, 1.165) is 0 Å². The lowest BCUT2D eigenvalue weighted by molar-refractivity contribution is -0.00100. The summed E-state index contributed by atoms with van der Waals surface area (Å²) in [4.78, 5) is 4.33. The van der Waals surface area contributed by atoms with Crippen molar-refractivity contribution in [1.82, 2.24) is 0 Å². The van der Waals surface area contributed by atoms with Crippen molar-refractivity contribution in [2.24, 2.45) is 0 Å². The van der Waals surface area contributed by atoms with Gasteiger partial charge in [-0.25, -0.2) is 0 Å². The maximum atomic E-state index is 2.23. The zero-order chi connectivity index (χ0) is 20.1. The predicted molar refractivity (Wildman–Crippen MR) is 132 cm³/mol. The van der Waals surface area contributed by atoms with E-state index < -0.39 is 0 Å². The monoisotopic (exact) mass is 474 g/mol. The summed E-state index contributed by atoms with van der Waals surface area (Å²) in [5.74, 6) is 0. The Hall–Kier alpha value is -1.50. The van der Waals surface area contributed by atoms with E-state index >= 15 is 0 Å². The minimum Gasteiger partial charge on any atom is -1.00 e. The number of halogens is 3. The van der Waals surface area contributed by atoms with Crippen LogP contribution < -0.4 is 14.1 Å². The Bertz CT molecular complexity index is 619. The van der Waals surface area contributed by atoms with Crippen molar-refractivity contribution in [3.63, 3.8) is 0 Å². The van der Waals surface area contributed by atoms with Crippen LogP contribution in [0.5, 0.6) is 0 Å². The minimum absolute atomic E-state index is 0. The molecule has 0 bridgehead atoms. The van der Waals surface area contributed by atoms with Gasteiger partial charge in [0.2, 0.25) is 0 Å². The molecular weight excluding hydrogens is 441 g/mol. The third kappa shape index (κ3) is 14.5. The van der Waals surface area contributed by atoms with Gasteiger partial charge in [0.15, 0.2) is 14.7 Å². The van der Waals surface area contributed by atoms with E-state index in [1.54, 1.807) is 0 Å². The summed E-state index contributed by atoms with van der Waals surface area (Å²) in [6.07, 6.45) is 13.4. The fourth-order valence-corrected chi connectivity index (χ4v) is 4.18. The van der Waals surface area contributed by atoms with Crippen molar-refractivity contribution in [3.05, 3.63) is 91.0 Å². The van der Waals surface area contributed by atoms with E-state index in [1.807, 2.05) is 0 Å². The van der Waals surface area contributed by atoms with E-state index in [9.17, 15) is 0 Å². The molecule has 3 aromatic rings. The summed E-state index contributed by atoms with van der Waals surface area (Å²) in [5, 5.41) is 0. The van der Waals surface area contributed by atoms with Crippen LogP contribution in [-0.2, 0) is 32.7 Å². The van der Waals surface area contributed by atoms with Crippen molar-refractivity contribution in [2.45, 2.75) is 14.7 Å². The molecule has 0 saturated heterocycles. The standard InChI is InChI=1S/3C8H11S.3FH/c3*1-9(2)8-6-4-3-5-7-8;;;/h3*3-7H,1-2H3;3*1H/q3*+1;;;/p-3. The lowest BCUT2D eigenvalue weighted by Crippen LogP contribution is -3.00. The minimum atomic E-state index is 0. The fraction of sp³-hybridized carbons (Fsp3) is 0.250. The van der Waals surface area contributed by atoms with Gasteiger partial charge in [-0.05, 0) is 36.4 Å². The fourth-order valence-electron chi connectivity index (χ4n) is 2.08. The molecule has 0 aliphatic carbocycles. The molecule has 0 aliphatic rings. The molecule has 3 rings (SSSR count). The van der Waals surface area contributed by atoms with Gasteiger partial charge in [-0.3, -0.25) is 0 Å². The van der Waals surface area contributed by atoms with Gasteiger partial charge in [0.05, 0.1) is 0 Å². The highest BCUT2D eigenvalue weighted by Gasteiger charge is 2.05. The van der Waals surface area contributed by atoms with Gasteiger partial charge in [0, 0.05) is 32.7 Å². The van der Waals surface area contributed by atoms with Crippen molar-refractivity contribution in [1.29, 1.82) is 0 Å². The summed E-state index contributed by atoms with van der Waals surface area (Å²) in [7, 11) is 1.26. The first-order valence-electron chi connectivity index (χ1n) is 8.79.